The van der Waals surface area contributed by atoms with Crippen molar-refractivity contribution in [3.05, 3.63) is 0 Å². The summed E-state index contributed by atoms with van der Waals surface area (Å²) in [6.45, 7) is 6.56. The van der Waals surface area contributed by atoms with Crippen molar-refractivity contribution >= 4 is 40.2 Å². The third-order valence-corrected chi connectivity index (χ3v) is 18.9. The van der Waals surface area contributed by atoms with Crippen LogP contribution in [0, 0.1) is 0 Å². The highest BCUT2D eigenvalue weighted by atomic mass is 31.2. The number of carbonyl (C=O) groups is 4. The van der Waals surface area contributed by atoms with Gasteiger partial charge in [-0.3, -0.25) is 28.2 Å². The second-order valence-electron chi connectivity index (χ2n) is 26.4. The summed E-state index contributed by atoms with van der Waals surface area (Å²) in [7, 11) is -7.41. The predicted octanol–water partition coefficient (Wildman–Crippen LogP) is 20.7. The fourth-order valence-corrected chi connectivity index (χ4v) is 12.9. The van der Waals surface area contributed by atoms with Gasteiger partial charge < -0.3 is 44.0 Å². The average molecular weight is 1340 g/mol. The molecule has 0 rings (SSSR count). The molecular weight excluding hydrogens is 1190 g/mol. The van der Waals surface area contributed by atoms with Gasteiger partial charge >= 0.3 is 28.4 Å². The molecule has 0 aromatic carbocycles. The minimum absolute atomic E-state index is 0.154. The van der Waals surface area contributed by atoms with Crippen LogP contribution in [0.25, 0.3) is 0 Å². The lowest BCUT2D eigenvalue weighted by Crippen LogP contribution is -2.42. The Bertz CT molecular complexity index is 1650. The number of amides is 2. The summed E-state index contributed by atoms with van der Waals surface area (Å²) in [6.07, 6.45) is 61.5. The predicted molar refractivity (Wildman–Crippen MR) is 376 cm³/mol. The number of esters is 2. The van der Waals surface area contributed by atoms with Crippen LogP contribution in [0.15, 0.2) is 0 Å². The monoisotopic (exact) mass is 1340 g/mol. The van der Waals surface area contributed by atoms with E-state index in [1.54, 1.807) is 0 Å². The Morgan fingerprint density at radius 3 is 0.846 bits per heavy atom. The molecule has 0 aliphatic heterocycles. The largest absolute Gasteiger partial charge is 0.472 e. The number of phosphoric acid groups is 1. The highest BCUT2D eigenvalue weighted by molar-refractivity contribution is 7.47. The first kappa shape index (κ1) is 89.3. The molecule has 0 saturated carbocycles. The Hall–Kier alpha value is -1.74. The molecule has 18 heteroatoms. The molecule has 0 saturated heterocycles. The summed E-state index contributed by atoms with van der Waals surface area (Å²) in [5.74, 6) is -1.28. The molecule has 0 radical (unpaired) electrons. The van der Waals surface area contributed by atoms with Crippen LogP contribution in [0.5, 0.6) is 0 Å². The van der Waals surface area contributed by atoms with Crippen molar-refractivity contribution in [1.82, 2.24) is 10.6 Å². The van der Waals surface area contributed by atoms with Crippen LogP contribution in [0.2, 0.25) is 0 Å². The molecule has 0 heterocycles. The van der Waals surface area contributed by atoms with Crippen molar-refractivity contribution in [3.63, 3.8) is 0 Å². The number of phosphoric ester groups is 1. The zero-order valence-corrected chi connectivity index (χ0v) is 61.1. The summed E-state index contributed by atoms with van der Waals surface area (Å²) in [5, 5.41) is 16.4. The third-order valence-electron chi connectivity index (χ3n) is 17.2. The van der Waals surface area contributed by atoms with Gasteiger partial charge in [0.2, 0.25) is 11.8 Å². The van der Waals surface area contributed by atoms with Crippen molar-refractivity contribution in [3.8, 4) is 0 Å². The van der Waals surface area contributed by atoms with Gasteiger partial charge in [-0.15, -0.1) is 0 Å². The molecule has 2 amide bonds. The minimum Gasteiger partial charge on any atom is -0.463 e. The van der Waals surface area contributed by atoms with Crippen LogP contribution in [-0.2, 0) is 51.3 Å². The molecule has 5 atom stereocenters. The summed E-state index contributed by atoms with van der Waals surface area (Å²) in [5.41, 5.74) is 0. The minimum atomic E-state index is -4.81. The van der Waals surface area contributed by atoms with E-state index in [9.17, 15) is 38.6 Å². The fourth-order valence-electron chi connectivity index (χ4n) is 11.4. The van der Waals surface area contributed by atoms with Crippen LogP contribution in [-0.4, -0.2) is 96.5 Å². The number of aliphatic hydroxyl groups excluding tert-OH is 1. The Balaban J connectivity index is 5.16. The van der Waals surface area contributed by atoms with Crippen LogP contribution in [0.4, 0.5) is 0 Å². The first-order chi connectivity index (χ1) is 44.3. The van der Waals surface area contributed by atoms with Crippen molar-refractivity contribution in [2.45, 2.75) is 405 Å². The van der Waals surface area contributed by atoms with Crippen LogP contribution >= 0.6 is 16.4 Å². The first-order valence-corrected chi connectivity index (χ1v) is 40.9. The fraction of sp³-hybridized carbons (Fsp3) is 0.945. The first-order valence-electron chi connectivity index (χ1n) is 38.3. The molecule has 0 spiro atoms. The highest BCUT2D eigenvalue weighted by Gasteiger charge is 2.27. The summed E-state index contributed by atoms with van der Waals surface area (Å²) >= 11 is 0. The van der Waals surface area contributed by atoms with Gasteiger partial charge in [-0.05, 0) is 25.7 Å². The van der Waals surface area contributed by atoms with E-state index in [1.165, 1.54) is 231 Å². The number of hydrogen-bond acceptors (Lipinski definition) is 13. The Morgan fingerprint density at radius 1 is 0.330 bits per heavy atom. The standard InChI is InChI=1S/C73H144N2O14P2/c1-5-9-13-17-21-25-29-33-37-41-45-49-53-57-70(77)74-67(61-84-72(79)59-55-51-47-43-39-35-31-27-23-19-15-11-7-3)63-86-90(81)87-65-69(76)66-89-91(82,83)88-64-68(75-71(78)58-54-50-46-42-38-34-30-26-22-18-14-10-6-2)62-85-73(80)60-56-52-48-44-40-36-32-28-24-20-16-12-8-4/h67-69,76,81H,5-66H2,1-4H3,(H,74,77)(H,75,78)(H,82,83). The molecule has 0 aromatic heterocycles. The van der Waals surface area contributed by atoms with Gasteiger partial charge in [0, 0.05) is 25.7 Å². The van der Waals surface area contributed by atoms with Crippen molar-refractivity contribution in [2.24, 2.45) is 0 Å². The SMILES string of the molecule is CCCCCCCCCCCCCCCC(=O)NC(COC(=O)CCCCCCCCCCCCCCC)COP(O)OCC(O)COP(=O)(O)OCC(COC(=O)CCCCCCCCCCCCCCC)NC(=O)CCCCCCCCCCCCCCC. The number of aliphatic hydroxyl groups is 1. The van der Waals surface area contributed by atoms with Gasteiger partial charge in [0.15, 0.2) is 0 Å². The molecule has 540 valence electrons. The Morgan fingerprint density at radius 2 is 0.560 bits per heavy atom. The normalized spacial score (nSPS) is 13.6. The maximum absolute atomic E-state index is 13.1. The lowest BCUT2D eigenvalue weighted by Gasteiger charge is -2.22. The smallest absolute Gasteiger partial charge is 0.463 e. The van der Waals surface area contributed by atoms with Gasteiger partial charge in [0.05, 0.1) is 38.5 Å². The lowest BCUT2D eigenvalue weighted by molar-refractivity contribution is -0.146. The number of unbranched alkanes of at least 4 members (excludes halogenated alkanes) is 48. The summed E-state index contributed by atoms with van der Waals surface area (Å²) in [6, 6.07) is -1.70. The number of rotatable bonds is 74. The molecule has 0 fully saturated rings. The number of nitrogens with one attached hydrogen (secondary N) is 2. The van der Waals surface area contributed by atoms with Crippen LogP contribution in [0.3, 0.4) is 0 Å². The van der Waals surface area contributed by atoms with E-state index in [0.29, 0.717) is 19.3 Å². The molecule has 5 unspecified atom stereocenters. The zero-order valence-electron chi connectivity index (χ0n) is 59.3. The van der Waals surface area contributed by atoms with Crippen molar-refractivity contribution in [2.75, 3.05) is 39.6 Å². The van der Waals surface area contributed by atoms with Crippen LogP contribution < -0.4 is 10.6 Å². The van der Waals surface area contributed by atoms with Crippen molar-refractivity contribution < 1.29 is 66.2 Å². The second-order valence-corrected chi connectivity index (χ2v) is 28.9. The van der Waals surface area contributed by atoms with E-state index in [0.717, 1.165) is 89.9 Å². The second kappa shape index (κ2) is 69.6. The van der Waals surface area contributed by atoms with Gasteiger partial charge in [-0.1, -0.05) is 336 Å². The van der Waals surface area contributed by atoms with Gasteiger partial charge in [-0.2, -0.15) is 0 Å². The van der Waals surface area contributed by atoms with E-state index in [-0.39, 0.29) is 56.9 Å². The molecular formula is C73H144N2O14P2. The number of ether oxygens (including phenoxy) is 2. The third kappa shape index (κ3) is 68.0. The van der Waals surface area contributed by atoms with E-state index in [2.05, 4.69) is 38.3 Å². The molecule has 0 bridgehead atoms. The van der Waals surface area contributed by atoms with Crippen molar-refractivity contribution in [1.29, 1.82) is 0 Å². The number of carbonyl (C=O) groups excluding carboxylic acids is 4. The van der Waals surface area contributed by atoms with Gasteiger partial charge in [0.1, 0.15) is 19.3 Å². The van der Waals surface area contributed by atoms with E-state index < -0.39 is 60.4 Å². The van der Waals surface area contributed by atoms with E-state index >= 15 is 0 Å². The van der Waals surface area contributed by atoms with Crippen LogP contribution in [0.1, 0.15) is 387 Å². The molecule has 16 nitrogen and oxygen atoms in total. The molecule has 91 heavy (non-hydrogen) atoms. The molecule has 0 aliphatic carbocycles. The maximum Gasteiger partial charge on any atom is 0.472 e. The highest BCUT2D eigenvalue weighted by Crippen LogP contribution is 2.43. The lowest BCUT2D eigenvalue weighted by atomic mass is 10.0. The topological polar surface area (TPSA) is 225 Å². The van der Waals surface area contributed by atoms with E-state index in [1.807, 2.05) is 0 Å². The zero-order chi connectivity index (χ0) is 66.6. The average Bonchev–Trinajstić information content (AvgIpc) is 3.75. The van der Waals surface area contributed by atoms with E-state index in [4.69, 9.17) is 27.6 Å². The molecule has 0 aromatic rings. The van der Waals surface area contributed by atoms with Gasteiger partial charge in [-0.25, -0.2) is 4.57 Å². The Kier molecular flexibility index (Phi) is 68.3. The molecule has 0 aliphatic rings. The number of hydrogen-bond donors (Lipinski definition) is 5. The Labute approximate surface area is 559 Å². The maximum atomic E-state index is 13.1. The quantitative estimate of drug-likeness (QED) is 0.0217. The summed E-state index contributed by atoms with van der Waals surface area (Å²) in [4.78, 5) is 73.1. The summed E-state index contributed by atoms with van der Waals surface area (Å²) < 4.78 is 45.4. The molecule has 5 N–H and O–H groups in total. The van der Waals surface area contributed by atoms with Gasteiger partial charge in [0.25, 0.3) is 0 Å².